The molecule has 7 heteroatoms. The third-order valence-electron chi connectivity index (χ3n) is 6.05. The highest BCUT2D eigenvalue weighted by Crippen LogP contribution is 2.38. The third-order valence-corrected chi connectivity index (χ3v) is 6.05. The van der Waals surface area contributed by atoms with Crippen molar-refractivity contribution in [2.75, 3.05) is 32.8 Å². The molecule has 0 bridgehead atoms. The highest BCUT2D eigenvalue weighted by molar-refractivity contribution is 5.79. The summed E-state index contributed by atoms with van der Waals surface area (Å²) in [6.45, 7) is 5.38. The summed E-state index contributed by atoms with van der Waals surface area (Å²) in [5.74, 6) is 0.995. The van der Waals surface area contributed by atoms with Crippen molar-refractivity contribution in [3.63, 3.8) is 0 Å². The van der Waals surface area contributed by atoms with Gasteiger partial charge < -0.3 is 19.5 Å². The molecule has 1 atom stereocenters. The van der Waals surface area contributed by atoms with Gasteiger partial charge in [0.05, 0.1) is 11.0 Å². The zero-order valence-electron chi connectivity index (χ0n) is 16.4. The molecular weight excluding hydrogens is 356 g/mol. The van der Waals surface area contributed by atoms with Crippen LogP contribution in [0.4, 0.5) is 0 Å². The van der Waals surface area contributed by atoms with Gasteiger partial charge in [-0.3, -0.25) is 9.59 Å². The summed E-state index contributed by atoms with van der Waals surface area (Å²) >= 11 is 0. The van der Waals surface area contributed by atoms with Crippen LogP contribution < -0.4 is 0 Å². The molecule has 1 aromatic carbocycles. The van der Waals surface area contributed by atoms with Crippen molar-refractivity contribution in [2.24, 2.45) is 5.41 Å². The maximum atomic E-state index is 12.7. The molecule has 3 heterocycles. The quantitative estimate of drug-likeness (QED) is 0.858. The maximum absolute atomic E-state index is 12.7. The van der Waals surface area contributed by atoms with Gasteiger partial charge in [0.1, 0.15) is 19.0 Å². The van der Waals surface area contributed by atoms with Crippen LogP contribution >= 0.6 is 0 Å². The number of nitrogens with zero attached hydrogens (tertiary/aromatic N) is 3. The van der Waals surface area contributed by atoms with Crippen LogP contribution in [0.2, 0.25) is 0 Å². The van der Waals surface area contributed by atoms with Gasteiger partial charge >= 0.3 is 0 Å². The topological polar surface area (TPSA) is 78.5 Å². The zero-order valence-corrected chi connectivity index (χ0v) is 16.4. The van der Waals surface area contributed by atoms with Gasteiger partial charge in [0, 0.05) is 38.0 Å². The van der Waals surface area contributed by atoms with Crippen molar-refractivity contribution in [3.05, 3.63) is 30.1 Å². The van der Waals surface area contributed by atoms with Gasteiger partial charge in [0.15, 0.2) is 0 Å². The Hall–Kier alpha value is -2.41. The lowest BCUT2D eigenvalue weighted by Crippen LogP contribution is -2.55. The van der Waals surface area contributed by atoms with E-state index >= 15 is 0 Å². The molecule has 2 aliphatic rings. The van der Waals surface area contributed by atoms with Gasteiger partial charge in [0.2, 0.25) is 11.8 Å². The van der Waals surface area contributed by atoms with Gasteiger partial charge in [-0.25, -0.2) is 4.98 Å². The fourth-order valence-corrected chi connectivity index (χ4v) is 4.54. The van der Waals surface area contributed by atoms with Crippen LogP contribution in [0, 0.1) is 5.41 Å². The predicted octanol–water partition coefficient (Wildman–Crippen LogP) is 2.33. The fourth-order valence-electron chi connectivity index (χ4n) is 4.54. The summed E-state index contributed by atoms with van der Waals surface area (Å²) in [6.07, 6.45) is 3.55. The van der Waals surface area contributed by atoms with Crippen molar-refractivity contribution in [3.8, 4) is 0 Å². The number of amides is 2. The van der Waals surface area contributed by atoms with Crippen LogP contribution in [0.5, 0.6) is 0 Å². The van der Waals surface area contributed by atoms with Crippen LogP contribution in [0.1, 0.15) is 38.4 Å². The number of carbonyl (C=O) groups is 2. The van der Waals surface area contributed by atoms with E-state index < -0.39 is 0 Å². The average molecular weight is 384 g/mol. The van der Waals surface area contributed by atoms with Crippen LogP contribution in [-0.4, -0.2) is 64.4 Å². The number of hydrogen-bond donors (Lipinski definition) is 1. The molecule has 2 aliphatic heterocycles. The van der Waals surface area contributed by atoms with Crippen molar-refractivity contribution in [2.45, 2.75) is 39.2 Å². The molecule has 0 aliphatic carbocycles. The Morgan fingerprint density at radius 3 is 2.96 bits per heavy atom. The van der Waals surface area contributed by atoms with E-state index in [1.807, 2.05) is 41.0 Å². The number of aromatic amines is 1. The first-order valence-electron chi connectivity index (χ1n) is 10.2. The second-order valence-corrected chi connectivity index (χ2v) is 8.02. The minimum absolute atomic E-state index is 0.0233. The first-order chi connectivity index (χ1) is 13.6. The Labute approximate surface area is 165 Å². The molecule has 2 amide bonds. The molecule has 1 N–H and O–H groups in total. The van der Waals surface area contributed by atoms with Gasteiger partial charge in [-0.1, -0.05) is 12.1 Å². The third kappa shape index (κ3) is 3.90. The van der Waals surface area contributed by atoms with E-state index in [2.05, 4.69) is 9.97 Å². The van der Waals surface area contributed by atoms with E-state index in [9.17, 15) is 9.59 Å². The van der Waals surface area contributed by atoms with Crippen LogP contribution in [0.3, 0.4) is 0 Å². The number of ether oxygens (including phenoxy) is 1. The largest absolute Gasteiger partial charge is 0.364 e. The molecule has 0 saturated carbocycles. The van der Waals surface area contributed by atoms with Crippen LogP contribution in [0.25, 0.3) is 11.0 Å². The number of H-pyrrole nitrogens is 1. The minimum atomic E-state index is 0.0233. The molecule has 150 valence electrons. The zero-order chi connectivity index (χ0) is 19.6. The monoisotopic (exact) mass is 384 g/mol. The molecule has 28 heavy (non-hydrogen) atoms. The normalized spacial score (nSPS) is 23.0. The van der Waals surface area contributed by atoms with Crippen molar-refractivity contribution in [1.29, 1.82) is 0 Å². The van der Waals surface area contributed by atoms with E-state index in [-0.39, 0.29) is 30.4 Å². The summed E-state index contributed by atoms with van der Waals surface area (Å²) in [6, 6.07) is 7.82. The molecule has 0 radical (unpaired) electrons. The summed E-state index contributed by atoms with van der Waals surface area (Å²) in [4.78, 5) is 36.3. The van der Waals surface area contributed by atoms with Gasteiger partial charge in [0.25, 0.3) is 0 Å². The van der Waals surface area contributed by atoms with Crippen LogP contribution in [0.15, 0.2) is 24.3 Å². The smallest absolute Gasteiger partial charge is 0.248 e. The summed E-state index contributed by atoms with van der Waals surface area (Å²) < 4.78 is 5.65. The van der Waals surface area contributed by atoms with Gasteiger partial charge in [-0.2, -0.15) is 0 Å². The lowest BCUT2D eigenvalue weighted by Gasteiger charge is -2.48. The number of aromatic nitrogens is 2. The number of carbonyl (C=O) groups excluding carboxylic acids is 2. The van der Waals surface area contributed by atoms with E-state index in [0.717, 1.165) is 62.3 Å². The predicted molar refractivity (Wildman–Crippen MR) is 105 cm³/mol. The SMILES string of the molecule is CCN1C[C@]2(CCCN(C(=O)COCc3nc4ccccc4[nH]3)C2)CCC1=O. The first kappa shape index (κ1) is 18.9. The summed E-state index contributed by atoms with van der Waals surface area (Å²) in [5.41, 5.74) is 1.92. The van der Waals surface area contributed by atoms with E-state index in [4.69, 9.17) is 4.74 Å². The molecule has 2 fully saturated rings. The van der Waals surface area contributed by atoms with Gasteiger partial charge in [-0.05, 0) is 38.3 Å². The number of likely N-dealkylation sites (tertiary alicyclic amines) is 2. The molecule has 4 rings (SSSR count). The van der Waals surface area contributed by atoms with Crippen molar-refractivity contribution < 1.29 is 14.3 Å². The summed E-state index contributed by atoms with van der Waals surface area (Å²) in [7, 11) is 0. The van der Waals surface area contributed by atoms with E-state index in [0.29, 0.717) is 6.42 Å². The number of piperidine rings is 2. The Morgan fingerprint density at radius 1 is 1.29 bits per heavy atom. The second kappa shape index (κ2) is 7.91. The first-order valence-corrected chi connectivity index (χ1v) is 10.2. The van der Waals surface area contributed by atoms with E-state index in [1.54, 1.807) is 0 Å². The Kier molecular flexibility index (Phi) is 5.35. The number of hydrogen-bond acceptors (Lipinski definition) is 4. The molecule has 2 saturated heterocycles. The van der Waals surface area contributed by atoms with Crippen molar-refractivity contribution >= 4 is 22.8 Å². The minimum Gasteiger partial charge on any atom is -0.364 e. The Balaban J connectivity index is 1.31. The number of nitrogens with one attached hydrogen (secondary N) is 1. The highest BCUT2D eigenvalue weighted by Gasteiger charge is 2.42. The Morgan fingerprint density at radius 2 is 2.14 bits per heavy atom. The standard InChI is InChI=1S/C21H28N4O3/c1-2-24-14-21(10-8-19(24)26)9-5-11-25(15-21)20(27)13-28-12-18-22-16-6-3-4-7-17(16)23-18/h3-4,6-7H,2,5,8-15H2,1H3,(H,22,23)/t21-/m0/s1. The lowest BCUT2D eigenvalue weighted by molar-refractivity contribution is -0.145. The molecule has 1 spiro atoms. The Bertz CT molecular complexity index is 831. The molecule has 1 aromatic heterocycles. The van der Waals surface area contributed by atoms with Crippen LogP contribution in [-0.2, 0) is 20.9 Å². The second-order valence-electron chi connectivity index (χ2n) is 8.02. The summed E-state index contributed by atoms with van der Waals surface area (Å²) in [5, 5.41) is 0. The molecule has 0 unspecified atom stereocenters. The molecule has 2 aromatic rings. The molecular formula is C21H28N4O3. The lowest BCUT2D eigenvalue weighted by atomic mass is 9.73. The highest BCUT2D eigenvalue weighted by atomic mass is 16.5. The van der Waals surface area contributed by atoms with E-state index in [1.165, 1.54) is 0 Å². The maximum Gasteiger partial charge on any atom is 0.248 e. The number of fused-ring (bicyclic) bond motifs is 1. The average Bonchev–Trinajstić information content (AvgIpc) is 3.13. The fraction of sp³-hybridized carbons (Fsp3) is 0.571. The number of para-hydroxylation sites is 2. The van der Waals surface area contributed by atoms with Crippen molar-refractivity contribution in [1.82, 2.24) is 19.8 Å². The number of benzene rings is 1. The number of imidazole rings is 1. The number of rotatable bonds is 5. The molecule has 7 nitrogen and oxygen atoms in total. The van der Waals surface area contributed by atoms with Gasteiger partial charge in [-0.15, -0.1) is 0 Å².